The van der Waals surface area contributed by atoms with E-state index in [1.54, 1.807) is 25.4 Å². The number of carbonyl (C=O) groups is 2. The van der Waals surface area contributed by atoms with Gasteiger partial charge in [-0.15, -0.1) is 0 Å². The van der Waals surface area contributed by atoms with Gasteiger partial charge in [-0.25, -0.2) is 13.8 Å². The molecular weight excluding hydrogens is 520 g/mol. The minimum Gasteiger partial charge on any atom is -0.436 e. The van der Waals surface area contributed by atoms with E-state index in [1.807, 2.05) is 0 Å². The fourth-order valence-corrected chi connectivity index (χ4v) is 5.10. The number of amides is 1. The van der Waals surface area contributed by atoms with Crippen LogP contribution in [0.4, 0.5) is 14.5 Å². The third kappa shape index (κ3) is 6.88. The molecule has 0 unspecified atom stereocenters. The Kier molecular flexibility index (Phi) is 9.92. The van der Waals surface area contributed by atoms with Gasteiger partial charge in [-0.2, -0.15) is 15.0 Å². The highest BCUT2D eigenvalue weighted by atomic mass is 19.1. The lowest BCUT2D eigenvalue weighted by atomic mass is 9.82. The largest absolute Gasteiger partial charge is 0.436 e. The van der Waals surface area contributed by atoms with Crippen LogP contribution in [0.3, 0.4) is 0 Å². The van der Waals surface area contributed by atoms with E-state index in [4.69, 9.17) is 9.47 Å². The Bertz CT molecular complexity index is 1300. The van der Waals surface area contributed by atoms with Crippen molar-refractivity contribution in [1.82, 2.24) is 20.0 Å². The Morgan fingerprint density at radius 3 is 2.58 bits per heavy atom. The van der Waals surface area contributed by atoms with Gasteiger partial charge < -0.3 is 14.4 Å². The first-order chi connectivity index (χ1) is 19.3. The van der Waals surface area contributed by atoms with Crippen LogP contribution in [-0.4, -0.2) is 51.9 Å². The Morgan fingerprint density at radius 1 is 1.20 bits per heavy atom. The minimum absolute atomic E-state index is 0.0713. The van der Waals surface area contributed by atoms with Crippen LogP contribution >= 0.6 is 0 Å². The average molecular weight is 556 g/mol. The van der Waals surface area contributed by atoms with Gasteiger partial charge in [-0.1, -0.05) is 6.92 Å². The standard InChI is InChI=1S/C29H35F2N5O4/c1-19-4-6-22(7-5-19)29(38)36(20(2)18-39-3)26-14-25(31)27(13-24(26)17-37)40-28-23(15-30)12-21(16-32-28)8-11-35-33-9-10-34-35/h9-10,12-14,16-17,19-20,22H,4-8,11,15,18H2,1-3H3/t19?,20-,22?/m0/s1. The fraction of sp³-hybridized carbons (Fsp3) is 0.483. The van der Waals surface area contributed by atoms with Gasteiger partial charge in [0.15, 0.2) is 17.9 Å². The van der Waals surface area contributed by atoms with Crippen molar-refractivity contribution in [2.75, 3.05) is 18.6 Å². The lowest BCUT2D eigenvalue weighted by Gasteiger charge is -2.35. The molecule has 11 heteroatoms. The Morgan fingerprint density at radius 2 is 1.93 bits per heavy atom. The number of aryl methyl sites for hydroxylation is 2. The number of methoxy groups -OCH3 is 1. The molecular formula is C29H35F2N5O4. The molecule has 4 rings (SSSR count). The number of aldehydes is 1. The summed E-state index contributed by atoms with van der Waals surface area (Å²) in [6.45, 7) is 3.77. The number of rotatable bonds is 12. The van der Waals surface area contributed by atoms with Crippen molar-refractivity contribution in [3.63, 3.8) is 0 Å². The van der Waals surface area contributed by atoms with Crippen molar-refractivity contribution in [1.29, 1.82) is 0 Å². The van der Waals surface area contributed by atoms with Gasteiger partial charge in [0, 0.05) is 36.4 Å². The summed E-state index contributed by atoms with van der Waals surface area (Å²) < 4.78 is 40.3. The summed E-state index contributed by atoms with van der Waals surface area (Å²) >= 11 is 0. The first-order valence-corrected chi connectivity index (χ1v) is 13.5. The number of pyridine rings is 1. The molecule has 1 aliphatic carbocycles. The van der Waals surface area contributed by atoms with Crippen LogP contribution < -0.4 is 9.64 Å². The zero-order valence-electron chi connectivity index (χ0n) is 23.1. The Balaban J connectivity index is 1.60. The SMILES string of the molecule is COC[C@H](C)N(C(=O)C1CCC(C)CC1)c1cc(F)c(Oc2ncc(CCn3nccn3)cc2CF)cc1C=O. The normalized spacial score (nSPS) is 17.8. The van der Waals surface area contributed by atoms with E-state index in [1.165, 1.54) is 29.1 Å². The van der Waals surface area contributed by atoms with Crippen molar-refractivity contribution in [3.8, 4) is 11.6 Å². The van der Waals surface area contributed by atoms with Gasteiger partial charge in [0.1, 0.15) is 6.67 Å². The zero-order chi connectivity index (χ0) is 28.6. The summed E-state index contributed by atoms with van der Waals surface area (Å²) in [4.78, 5) is 33.0. The van der Waals surface area contributed by atoms with Gasteiger partial charge in [-0.05, 0) is 62.6 Å². The van der Waals surface area contributed by atoms with Gasteiger partial charge in [0.05, 0.1) is 37.3 Å². The van der Waals surface area contributed by atoms with Crippen molar-refractivity contribution < 1.29 is 27.8 Å². The van der Waals surface area contributed by atoms with E-state index >= 15 is 4.39 Å². The average Bonchev–Trinajstić information content (AvgIpc) is 3.48. The third-order valence-corrected chi connectivity index (χ3v) is 7.32. The number of carbonyl (C=O) groups excluding carboxylic acids is 2. The second-order valence-electron chi connectivity index (χ2n) is 10.3. The molecule has 0 aliphatic heterocycles. The lowest BCUT2D eigenvalue weighted by Crippen LogP contribution is -2.45. The number of aromatic nitrogens is 4. The molecule has 2 aromatic heterocycles. The van der Waals surface area contributed by atoms with Crippen LogP contribution in [0, 0.1) is 17.7 Å². The monoisotopic (exact) mass is 555 g/mol. The lowest BCUT2D eigenvalue weighted by molar-refractivity contribution is -0.124. The second-order valence-corrected chi connectivity index (χ2v) is 10.3. The highest BCUT2D eigenvalue weighted by molar-refractivity contribution is 6.00. The smallest absolute Gasteiger partial charge is 0.230 e. The Labute approximate surface area is 232 Å². The van der Waals surface area contributed by atoms with Gasteiger partial charge in [0.2, 0.25) is 11.8 Å². The van der Waals surface area contributed by atoms with Crippen LogP contribution in [0.15, 0.2) is 36.8 Å². The number of benzene rings is 1. The van der Waals surface area contributed by atoms with Gasteiger partial charge >= 0.3 is 0 Å². The predicted octanol–water partition coefficient (Wildman–Crippen LogP) is 5.32. The number of hydrogen-bond donors (Lipinski definition) is 0. The highest BCUT2D eigenvalue weighted by Crippen LogP contribution is 2.36. The summed E-state index contributed by atoms with van der Waals surface area (Å²) in [6, 6.07) is 3.50. The molecule has 1 amide bonds. The van der Waals surface area contributed by atoms with Crippen molar-refractivity contribution in [3.05, 3.63) is 59.3 Å². The topological polar surface area (TPSA) is 99.4 Å². The molecule has 1 aromatic carbocycles. The van der Waals surface area contributed by atoms with Crippen molar-refractivity contribution in [2.45, 2.75) is 65.2 Å². The second kappa shape index (κ2) is 13.6. The van der Waals surface area contributed by atoms with Crippen LogP contribution in [0.2, 0.25) is 0 Å². The van der Waals surface area contributed by atoms with Crippen LogP contribution in [0.5, 0.6) is 11.6 Å². The summed E-state index contributed by atoms with van der Waals surface area (Å²) in [5.41, 5.74) is 1.09. The maximum Gasteiger partial charge on any atom is 0.230 e. The molecule has 2 heterocycles. The quantitative estimate of drug-likeness (QED) is 0.279. The molecule has 1 aliphatic rings. The number of anilines is 1. The fourth-order valence-electron chi connectivity index (χ4n) is 5.10. The van der Waals surface area contributed by atoms with Crippen molar-refractivity contribution >= 4 is 17.9 Å². The predicted molar refractivity (Wildman–Crippen MR) is 145 cm³/mol. The highest BCUT2D eigenvalue weighted by Gasteiger charge is 2.33. The molecule has 1 fully saturated rings. The first kappa shape index (κ1) is 29.3. The van der Waals surface area contributed by atoms with Crippen LogP contribution in [0.25, 0.3) is 0 Å². The van der Waals surface area contributed by atoms with E-state index in [-0.39, 0.29) is 46.9 Å². The maximum absolute atomic E-state index is 15.5. The number of alkyl halides is 1. The number of nitrogens with zero attached hydrogens (tertiary/aromatic N) is 5. The zero-order valence-corrected chi connectivity index (χ0v) is 23.1. The van der Waals surface area contributed by atoms with Gasteiger partial charge in [0.25, 0.3) is 0 Å². The third-order valence-electron chi connectivity index (χ3n) is 7.32. The number of halogens is 2. The first-order valence-electron chi connectivity index (χ1n) is 13.5. The van der Waals surface area contributed by atoms with E-state index < -0.39 is 18.5 Å². The molecule has 3 aromatic rings. The molecule has 0 radical (unpaired) electrons. The van der Waals surface area contributed by atoms with Gasteiger partial charge in [-0.3, -0.25) is 9.59 Å². The summed E-state index contributed by atoms with van der Waals surface area (Å²) in [5.74, 6) is -1.02. The van der Waals surface area contributed by atoms with E-state index in [9.17, 15) is 14.0 Å². The molecule has 40 heavy (non-hydrogen) atoms. The molecule has 0 bridgehead atoms. The van der Waals surface area contributed by atoms with Crippen LogP contribution in [0.1, 0.15) is 61.0 Å². The van der Waals surface area contributed by atoms with E-state index in [0.717, 1.165) is 37.3 Å². The molecule has 1 saturated carbocycles. The summed E-state index contributed by atoms with van der Waals surface area (Å²) in [5, 5.41) is 8.08. The van der Waals surface area contributed by atoms with Crippen LogP contribution in [-0.2, 0) is 29.2 Å². The molecule has 214 valence electrons. The maximum atomic E-state index is 15.5. The van der Waals surface area contributed by atoms with E-state index in [0.29, 0.717) is 25.2 Å². The molecule has 1 atom stereocenters. The summed E-state index contributed by atoms with van der Waals surface area (Å²) in [6.07, 6.45) is 9.07. The molecule has 0 N–H and O–H groups in total. The number of hydrogen-bond acceptors (Lipinski definition) is 7. The van der Waals surface area contributed by atoms with Crippen molar-refractivity contribution in [2.24, 2.45) is 11.8 Å². The minimum atomic E-state index is -0.882. The Hall–Kier alpha value is -3.73. The number of ether oxygens (including phenoxy) is 2. The molecule has 0 spiro atoms. The summed E-state index contributed by atoms with van der Waals surface area (Å²) in [7, 11) is 1.52. The molecule has 9 nitrogen and oxygen atoms in total. The molecule has 0 saturated heterocycles. The van der Waals surface area contributed by atoms with E-state index in [2.05, 4.69) is 22.1 Å².